The molecule has 84 valence electrons. The highest BCUT2D eigenvalue weighted by atomic mass is 16.4. The predicted octanol–water partition coefficient (Wildman–Crippen LogP) is 1.77. The largest absolute Gasteiger partial charge is 0.478 e. The first-order chi connectivity index (χ1) is 8.15. The molecule has 17 heavy (non-hydrogen) atoms. The van der Waals surface area contributed by atoms with Crippen molar-refractivity contribution in [1.29, 1.82) is 0 Å². The molecule has 4 heteroatoms. The van der Waals surface area contributed by atoms with Crippen molar-refractivity contribution >= 4 is 5.97 Å². The second-order valence-corrected chi connectivity index (χ2v) is 3.53. The molecule has 1 aromatic heterocycles. The summed E-state index contributed by atoms with van der Waals surface area (Å²) in [4.78, 5) is 11.1. The second kappa shape index (κ2) is 4.14. The van der Waals surface area contributed by atoms with Crippen LogP contribution in [0.2, 0.25) is 0 Å². The van der Waals surface area contributed by atoms with Gasteiger partial charge in [-0.2, -0.15) is 5.10 Å². The standard InChI is InChI=1S/C13H10N2O2/c1-3-9-6-4-5-7-10(9)12-11(13(16)17)8-14-15(12)2/h1,4-8H,2H3,(H,16,17). The molecular weight excluding hydrogens is 216 g/mol. The molecule has 0 aliphatic heterocycles. The normalized spacial score (nSPS) is 9.88. The van der Waals surface area contributed by atoms with E-state index in [1.165, 1.54) is 10.9 Å². The molecular formula is C13H10N2O2. The first kappa shape index (κ1) is 11.0. The topological polar surface area (TPSA) is 55.1 Å². The Morgan fingerprint density at radius 3 is 2.82 bits per heavy atom. The van der Waals surface area contributed by atoms with Gasteiger partial charge in [0.05, 0.1) is 11.9 Å². The van der Waals surface area contributed by atoms with Gasteiger partial charge >= 0.3 is 5.97 Å². The van der Waals surface area contributed by atoms with Crippen molar-refractivity contribution in [3.8, 4) is 23.6 Å². The molecule has 0 saturated carbocycles. The highest BCUT2D eigenvalue weighted by Crippen LogP contribution is 2.26. The van der Waals surface area contributed by atoms with Gasteiger partial charge in [-0.3, -0.25) is 4.68 Å². The van der Waals surface area contributed by atoms with Gasteiger partial charge in [0.15, 0.2) is 0 Å². The average molecular weight is 226 g/mol. The summed E-state index contributed by atoms with van der Waals surface area (Å²) in [7, 11) is 1.69. The summed E-state index contributed by atoms with van der Waals surface area (Å²) >= 11 is 0. The fourth-order valence-corrected chi connectivity index (χ4v) is 1.73. The molecule has 0 spiro atoms. The van der Waals surface area contributed by atoms with Crippen LogP contribution in [0.15, 0.2) is 30.5 Å². The lowest BCUT2D eigenvalue weighted by atomic mass is 10.0. The molecule has 0 radical (unpaired) electrons. The molecule has 0 saturated heterocycles. The van der Waals surface area contributed by atoms with E-state index in [0.717, 1.165) is 0 Å². The predicted molar refractivity (Wildman–Crippen MR) is 63.5 cm³/mol. The lowest BCUT2D eigenvalue weighted by molar-refractivity contribution is 0.0697. The van der Waals surface area contributed by atoms with E-state index in [1.54, 1.807) is 19.2 Å². The summed E-state index contributed by atoms with van der Waals surface area (Å²) < 4.78 is 1.51. The molecule has 1 heterocycles. The monoisotopic (exact) mass is 226 g/mol. The van der Waals surface area contributed by atoms with Crippen molar-refractivity contribution in [1.82, 2.24) is 9.78 Å². The van der Waals surface area contributed by atoms with Crippen LogP contribution in [-0.2, 0) is 7.05 Å². The minimum absolute atomic E-state index is 0.148. The van der Waals surface area contributed by atoms with Crippen molar-refractivity contribution < 1.29 is 9.90 Å². The Balaban J connectivity index is 2.73. The van der Waals surface area contributed by atoms with E-state index in [2.05, 4.69) is 11.0 Å². The summed E-state index contributed by atoms with van der Waals surface area (Å²) in [6, 6.07) is 7.19. The number of carboxylic acid groups (broad SMARTS) is 1. The zero-order chi connectivity index (χ0) is 12.4. The second-order valence-electron chi connectivity index (χ2n) is 3.53. The van der Waals surface area contributed by atoms with Gasteiger partial charge in [0, 0.05) is 18.2 Å². The molecule has 2 rings (SSSR count). The Hall–Kier alpha value is -2.54. The molecule has 0 atom stereocenters. The maximum absolute atomic E-state index is 11.1. The van der Waals surface area contributed by atoms with Crippen LogP contribution in [0.1, 0.15) is 15.9 Å². The van der Waals surface area contributed by atoms with Gasteiger partial charge in [-0.1, -0.05) is 24.1 Å². The zero-order valence-electron chi connectivity index (χ0n) is 9.21. The van der Waals surface area contributed by atoms with E-state index >= 15 is 0 Å². The number of benzene rings is 1. The van der Waals surface area contributed by atoms with Crippen molar-refractivity contribution in [2.24, 2.45) is 7.05 Å². The molecule has 0 aliphatic carbocycles. The third-order valence-electron chi connectivity index (χ3n) is 2.51. The molecule has 0 aliphatic rings. The van der Waals surface area contributed by atoms with Gasteiger partial charge in [0.1, 0.15) is 5.56 Å². The number of carboxylic acids is 1. The summed E-state index contributed by atoms with van der Waals surface area (Å²) in [6.07, 6.45) is 6.73. The van der Waals surface area contributed by atoms with Crippen LogP contribution in [0.4, 0.5) is 0 Å². The minimum Gasteiger partial charge on any atom is -0.478 e. The van der Waals surface area contributed by atoms with E-state index in [1.807, 2.05) is 12.1 Å². The van der Waals surface area contributed by atoms with E-state index < -0.39 is 5.97 Å². The Labute approximate surface area is 98.5 Å². The SMILES string of the molecule is C#Cc1ccccc1-c1c(C(=O)O)cnn1C. The van der Waals surface area contributed by atoms with Crippen molar-refractivity contribution in [2.45, 2.75) is 0 Å². The van der Waals surface area contributed by atoms with E-state index in [0.29, 0.717) is 16.8 Å². The van der Waals surface area contributed by atoms with Gasteiger partial charge < -0.3 is 5.11 Å². The summed E-state index contributed by atoms with van der Waals surface area (Å²) in [5, 5.41) is 13.1. The number of hydrogen-bond donors (Lipinski definition) is 1. The number of aromatic carboxylic acids is 1. The van der Waals surface area contributed by atoms with Crippen LogP contribution in [0.25, 0.3) is 11.3 Å². The zero-order valence-corrected chi connectivity index (χ0v) is 9.21. The number of carbonyl (C=O) groups is 1. The van der Waals surface area contributed by atoms with Gasteiger partial charge in [-0.05, 0) is 6.07 Å². The van der Waals surface area contributed by atoms with Gasteiger partial charge in [0.2, 0.25) is 0 Å². The fourth-order valence-electron chi connectivity index (χ4n) is 1.73. The summed E-state index contributed by atoms with van der Waals surface area (Å²) in [5.41, 5.74) is 2.02. The van der Waals surface area contributed by atoms with E-state index in [9.17, 15) is 4.79 Å². The Bertz CT molecular complexity index is 621. The Morgan fingerprint density at radius 1 is 1.47 bits per heavy atom. The van der Waals surface area contributed by atoms with Crippen LogP contribution < -0.4 is 0 Å². The maximum Gasteiger partial charge on any atom is 0.339 e. The summed E-state index contributed by atoms with van der Waals surface area (Å²) in [6.45, 7) is 0. The highest BCUT2D eigenvalue weighted by molar-refractivity contribution is 5.95. The molecule has 0 unspecified atom stereocenters. The van der Waals surface area contributed by atoms with Gasteiger partial charge in [-0.15, -0.1) is 6.42 Å². The fraction of sp³-hybridized carbons (Fsp3) is 0.0769. The van der Waals surface area contributed by atoms with Gasteiger partial charge in [0.25, 0.3) is 0 Å². The Kier molecular flexibility index (Phi) is 2.67. The highest BCUT2D eigenvalue weighted by Gasteiger charge is 2.18. The molecule has 2 aromatic rings. The van der Waals surface area contributed by atoms with Crippen LogP contribution in [0.3, 0.4) is 0 Å². The first-order valence-corrected chi connectivity index (χ1v) is 4.96. The lowest BCUT2D eigenvalue weighted by Gasteiger charge is -2.06. The molecule has 0 amide bonds. The van der Waals surface area contributed by atoms with Crippen molar-refractivity contribution in [3.05, 3.63) is 41.6 Å². The number of aryl methyl sites for hydroxylation is 1. The van der Waals surface area contributed by atoms with E-state index in [4.69, 9.17) is 11.5 Å². The number of hydrogen-bond acceptors (Lipinski definition) is 2. The Morgan fingerprint density at radius 2 is 2.18 bits per heavy atom. The smallest absolute Gasteiger partial charge is 0.339 e. The van der Waals surface area contributed by atoms with Crippen LogP contribution in [0, 0.1) is 12.3 Å². The quantitative estimate of drug-likeness (QED) is 0.794. The molecule has 1 aromatic carbocycles. The minimum atomic E-state index is -1.01. The van der Waals surface area contributed by atoms with Crippen LogP contribution in [0.5, 0.6) is 0 Å². The van der Waals surface area contributed by atoms with E-state index in [-0.39, 0.29) is 5.56 Å². The average Bonchev–Trinajstić information content (AvgIpc) is 2.71. The summed E-state index contributed by atoms with van der Waals surface area (Å²) in [5.74, 6) is 1.53. The maximum atomic E-state index is 11.1. The molecule has 1 N–H and O–H groups in total. The van der Waals surface area contributed by atoms with Crippen molar-refractivity contribution in [3.63, 3.8) is 0 Å². The number of aromatic nitrogens is 2. The third-order valence-corrected chi connectivity index (χ3v) is 2.51. The number of nitrogens with zero attached hydrogens (tertiary/aromatic N) is 2. The number of rotatable bonds is 2. The van der Waals surface area contributed by atoms with Crippen LogP contribution >= 0.6 is 0 Å². The van der Waals surface area contributed by atoms with Crippen LogP contribution in [-0.4, -0.2) is 20.9 Å². The number of terminal acetylenes is 1. The molecule has 0 fully saturated rings. The van der Waals surface area contributed by atoms with Crippen molar-refractivity contribution in [2.75, 3.05) is 0 Å². The third kappa shape index (κ3) is 1.79. The lowest BCUT2D eigenvalue weighted by Crippen LogP contribution is -2.01. The first-order valence-electron chi connectivity index (χ1n) is 4.96. The van der Waals surface area contributed by atoms with Gasteiger partial charge in [-0.25, -0.2) is 4.79 Å². The molecule has 4 nitrogen and oxygen atoms in total. The molecule has 0 bridgehead atoms.